The van der Waals surface area contributed by atoms with E-state index in [4.69, 9.17) is 5.11 Å². The summed E-state index contributed by atoms with van der Waals surface area (Å²) in [5.41, 5.74) is -1.01. The van der Waals surface area contributed by atoms with Gasteiger partial charge in [-0.15, -0.1) is 0 Å². The monoisotopic (exact) mass is 248 g/mol. The molecule has 1 heterocycles. The number of likely N-dealkylation sites (N-methyl/N-ethyl adjacent to an activating group) is 1. The summed E-state index contributed by atoms with van der Waals surface area (Å²) < 4.78 is 37.8. The van der Waals surface area contributed by atoms with Gasteiger partial charge in [-0.25, -0.2) is 0 Å². The van der Waals surface area contributed by atoms with E-state index in [2.05, 4.69) is 4.98 Å². The second kappa shape index (κ2) is 5.13. The largest absolute Gasteiger partial charge is 0.480 e. The number of alkyl halides is 3. The third kappa shape index (κ3) is 4.03. The topological polar surface area (TPSA) is 53.4 Å². The van der Waals surface area contributed by atoms with E-state index in [9.17, 15) is 18.0 Å². The van der Waals surface area contributed by atoms with E-state index < -0.39 is 17.7 Å². The maximum atomic E-state index is 12.6. The van der Waals surface area contributed by atoms with Gasteiger partial charge in [0.25, 0.3) is 0 Å². The minimum atomic E-state index is -4.48. The van der Waals surface area contributed by atoms with Crippen molar-refractivity contribution in [2.75, 3.05) is 13.6 Å². The molecule has 0 amide bonds. The highest BCUT2D eigenvalue weighted by molar-refractivity contribution is 5.69. The molecule has 7 heteroatoms. The van der Waals surface area contributed by atoms with Crippen LogP contribution < -0.4 is 0 Å². The maximum absolute atomic E-state index is 12.6. The molecule has 1 aromatic heterocycles. The highest BCUT2D eigenvalue weighted by Gasteiger charge is 2.33. The summed E-state index contributed by atoms with van der Waals surface area (Å²) in [4.78, 5) is 15.3. The smallest absolute Gasteiger partial charge is 0.418 e. The van der Waals surface area contributed by atoms with Crippen LogP contribution in [0, 0.1) is 0 Å². The Morgan fingerprint density at radius 2 is 2.18 bits per heavy atom. The Balaban J connectivity index is 2.87. The molecule has 94 valence electrons. The molecular weight excluding hydrogens is 237 g/mol. The molecule has 0 atom stereocenters. The van der Waals surface area contributed by atoms with Crippen LogP contribution in [-0.4, -0.2) is 34.6 Å². The first-order chi connectivity index (χ1) is 7.80. The lowest BCUT2D eigenvalue weighted by Gasteiger charge is -2.17. The Hall–Kier alpha value is -1.63. The van der Waals surface area contributed by atoms with Crippen molar-refractivity contribution < 1.29 is 23.1 Å². The van der Waals surface area contributed by atoms with Gasteiger partial charge in [0.05, 0.1) is 17.8 Å². The van der Waals surface area contributed by atoms with E-state index in [0.29, 0.717) is 0 Å². The number of carboxylic acids is 1. The molecule has 0 aromatic carbocycles. The van der Waals surface area contributed by atoms with Crippen LogP contribution in [0.4, 0.5) is 13.2 Å². The highest BCUT2D eigenvalue weighted by Crippen LogP contribution is 2.31. The number of carboxylic acid groups (broad SMARTS) is 1. The molecular formula is C10H11F3N2O2. The van der Waals surface area contributed by atoms with Gasteiger partial charge in [-0.1, -0.05) is 0 Å². The predicted molar refractivity (Wildman–Crippen MR) is 53.2 cm³/mol. The van der Waals surface area contributed by atoms with Gasteiger partial charge in [-0.2, -0.15) is 13.2 Å². The first-order valence-electron chi connectivity index (χ1n) is 4.72. The Labute approximate surface area is 95.7 Å². The molecule has 0 unspecified atom stereocenters. The maximum Gasteiger partial charge on any atom is 0.418 e. The lowest BCUT2D eigenvalue weighted by atomic mass is 10.2. The van der Waals surface area contributed by atoms with Crippen LogP contribution in [0.1, 0.15) is 11.3 Å². The van der Waals surface area contributed by atoms with Crippen molar-refractivity contribution in [2.24, 2.45) is 0 Å². The molecule has 0 spiro atoms. The fraction of sp³-hybridized carbons (Fsp3) is 0.400. The van der Waals surface area contributed by atoms with Gasteiger partial charge in [0.1, 0.15) is 0 Å². The normalized spacial score (nSPS) is 11.8. The first kappa shape index (κ1) is 13.4. The third-order valence-electron chi connectivity index (χ3n) is 2.02. The molecule has 0 bridgehead atoms. The van der Waals surface area contributed by atoms with Gasteiger partial charge in [-0.3, -0.25) is 14.7 Å². The van der Waals surface area contributed by atoms with E-state index in [0.717, 1.165) is 6.07 Å². The number of nitrogens with zero attached hydrogens (tertiary/aromatic N) is 2. The number of pyridine rings is 1. The highest BCUT2D eigenvalue weighted by atomic mass is 19.4. The number of carbonyl (C=O) groups is 1. The summed E-state index contributed by atoms with van der Waals surface area (Å²) >= 11 is 0. The average molecular weight is 248 g/mol. The van der Waals surface area contributed by atoms with Crippen molar-refractivity contribution in [3.05, 3.63) is 29.6 Å². The van der Waals surface area contributed by atoms with E-state index in [-0.39, 0.29) is 18.8 Å². The van der Waals surface area contributed by atoms with E-state index in [1.54, 1.807) is 0 Å². The quantitative estimate of drug-likeness (QED) is 0.879. The lowest BCUT2D eigenvalue weighted by molar-refractivity contribution is -0.138. The summed E-state index contributed by atoms with van der Waals surface area (Å²) in [6.45, 7) is -0.504. The Kier molecular flexibility index (Phi) is 4.06. The molecule has 0 saturated carbocycles. The number of hydrogen-bond acceptors (Lipinski definition) is 3. The van der Waals surface area contributed by atoms with Crippen LogP contribution in [0.3, 0.4) is 0 Å². The molecule has 0 radical (unpaired) electrons. The van der Waals surface area contributed by atoms with Crippen LogP contribution in [0.15, 0.2) is 18.3 Å². The van der Waals surface area contributed by atoms with E-state index in [1.807, 2.05) is 0 Å². The number of aromatic nitrogens is 1. The summed E-state index contributed by atoms with van der Waals surface area (Å²) in [6.07, 6.45) is -3.23. The first-order valence-corrected chi connectivity index (χ1v) is 4.72. The van der Waals surface area contributed by atoms with Crippen molar-refractivity contribution in [1.29, 1.82) is 0 Å². The fourth-order valence-corrected chi connectivity index (χ4v) is 1.36. The summed E-state index contributed by atoms with van der Waals surface area (Å²) in [5, 5.41) is 8.51. The number of hydrogen-bond donors (Lipinski definition) is 1. The standard InChI is InChI=1S/C10H11F3N2O2/c1-15(6-9(16)17)5-8-7(10(11,12)13)3-2-4-14-8/h2-4H,5-6H2,1H3,(H,16,17). The van der Waals surface area contributed by atoms with Crippen LogP contribution in [0.5, 0.6) is 0 Å². The van der Waals surface area contributed by atoms with E-state index in [1.165, 1.54) is 24.2 Å². The van der Waals surface area contributed by atoms with Gasteiger partial charge in [0, 0.05) is 12.7 Å². The van der Waals surface area contributed by atoms with Crippen LogP contribution in [0.25, 0.3) is 0 Å². The Morgan fingerprint density at radius 1 is 1.53 bits per heavy atom. The zero-order chi connectivity index (χ0) is 13.1. The zero-order valence-electron chi connectivity index (χ0n) is 9.03. The van der Waals surface area contributed by atoms with Crippen LogP contribution >= 0.6 is 0 Å². The molecule has 0 aliphatic carbocycles. The van der Waals surface area contributed by atoms with Crippen molar-refractivity contribution in [3.63, 3.8) is 0 Å². The van der Waals surface area contributed by atoms with Gasteiger partial charge in [0.15, 0.2) is 0 Å². The van der Waals surface area contributed by atoms with Crippen LogP contribution in [-0.2, 0) is 17.5 Å². The van der Waals surface area contributed by atoms with Crippen molar-refractivity contribution in [3.8, 4) is 0 Å². The molecule has 1 rings (SSSR count). The second-order valence-corrected chi connectivity index (χ2v) is 3.56. The van der Waals surface area contributed by atoms with Gasteiger partial charge < -0.3 is 5.11 Å². The third-order valence-corrected chi connectivity index (χ3v) is 2.02. The van der Waals surface area contributed by atoms with Crippen molar-refractivity contribution >= 4 is 5.97 Å². The average Bonchev–Trinajstić information content (AvgIpc) is 2.15. The summed E-state index contributed by atoms with van der Waals surface area (Å²) in [7, 11) is 1.42. The zero-order valence-corrected chi connectivity index (χ0v) is 9.03. The molecule has 4 nitrogen and oxygen atoms in total. The molecule has 1 N–H and O–H groups in total. The molecule has 0 aliphatic heterocycles. The molecule has 0 saturated heterocycles. The van der Waals surface area contributed by atoms with Crippen LogP contribution in [0.2, 0.25) is 0 Å². The number of rotatable bonds is 4. The van der Waals surface area contributed by atoms with Gasteiger partial charge in [-0.05, 0) is 19.2 Å². The Morgan fingerprint density at radius 3 is 2.71 bits per heavy atom. The van der Waals surface area contributed by atoms with Gasteiger partial charge >= 0.3 is 12.1 Å². The lowest BCUT2D eigenvalue weighted by Crippen LogP contribution is -2.27. The molecule has 1 aromatic rings. The second-order valence-electron chi connectivity index (χ2n) is 3.56. The van der Waals surface area contributed by atoms with Gasteiger partial charge in [0.2, 0.25) is 0 Å². The molecule has 0 fully saturated rings. The SMILES string of the molecule is CN(CC(=O)O)Cc1ncccc1C(F)(F)F. The summed E-state index contributed by atoms with van der Waals surface area (Å²) in [6, 6.07) is 2.13. The predicted octanol–water partition coefficient (Wildman–Crippen LogP) is 1.62. The Bertz CT molecular complexity index is 407. The summed E-state index contributed by atoms with van der Waals surface area (Å²) in [5.74, 6) is -1.10. The van der Waals surface area contributed by atoms with E-state index >= 15 is 0 Å². The molecule has 17 heavy (non-hydrogen) atoms. The minimum absolute atomic E-state index is 0.165. The van der Waals surface area contributed by atoms with Crippen molar-refractivity contribution in [2.45, 2.75) is 12.7 Å². The minimum Gasteiger partial charge on any atom is -0.480 e. The fourth-order valence-electron chi connectivity index (χ4n) is 1.36. The number of halogens is 3. The van der Waals surface area contributed by atoms with Crippen molar-refractivity contribution in [1.82, 2.24) is 9.88 Å². The number of aliphatic carboxylic acids is 1. The molecule has 0 aliphatic rings.